The van der Waals surface area contributed by atoms with E-state index in [0.717, 1.165) is 11.8 Å². The van der Waals surface area contributed by atoms with Crippen LogP contribution in [0.3, 0.4) is 0 Å². The van der Waals surface area contributed by atoms with Crippen molar-refractivity contribution in [1.82, 2.24) is 0 Å². The van der Waals surface area contributed by atoms with Gasteiger partial charge in [-0.2, -0.15) is 0 Å². The molecule has 0 fully saturated rings. The molecule has 0 aliphatic carbocycles. The lowest BCUT2D eigenvalue weighted by Gasteiger charge is -2.02. The largest absolute Gasteiger partial charge is 0.303 e. The molecule has 0 bridgehead atoms. The van der Waals surface area contributed by atoms with Crippen LogP contribution in [0.1, 0.15) is 18.4 Å². The molecule has 0 saturated carbocycles. The average molecular weight is 260 g/mol. The predicted octanol–water partition coefficient (Wildman–Crippen LogP) is 2.59. The molecule has 2 heteroatoms. The first-order valence-electron chi connectivity index (χ1n) is 3.45. The fourth-order valence-electron chi connectivity index (χ4n) is 0.845. The Hall–Kier alpha value is -0.380. The van der Waals surface area contributed by atoms with E-state index in [-0.39, 0.29) is 5.92 Å². The summed E-state index contributed by atoms with van der Waals surface area (Å²) in [5.41, 5.74) is 1.08. The molecule has 0 spiro atoms. The van der Waals surface area contributed by atoms with Crippen molar-refractivity contribution in [3.63, 3.8) is 0 Å². The highest BCUT2D eigenvalue weighted by Gasteiger charge is 2.01. The van der Waals surface area contributed by atoms with Crippen LogP contribution in [0.5, 0.6) is 0 Å². The molecule has 1 nitrogen and oxygen atoms in total. The van der Waals surface area contributed by atoms with Crippen molar-refractivity contribution < 1.29 is 4.79 Å². The van der Waals surface area contributed by atoms with Gasteiger partial charge in [-0.05, 0) is 40.3 Å². The van der Waals surface area contributed by atoms with Gasteiger partial charge < -0.3 is 4.79 Å². The Bertz CT molecular complexity index is 240. The molecule has 1 aromatic carbocycles. The van der Waals surface area contributed by atoms with Gasteiger partial charge in [-0.3, -0.25) is 0 Å². The molecule has 0 aromatic heterocycles. The van der Waals surface area contributed by atoms with E-state index in [1.807, 2.05) is 31.2 Å². The second-order valence-corrected chi connectivity index (χ2v) is 3.72. The third-order valence-electron chi connectivity index (χ3n) is 1.60. The zero-order valence-electron chi connectivity index (χ0n) is 6.25. The summed E-state index contributed by atoms with van der Waals surface area (Å²) in [7, 11) is 0. The normalized spacial score (nSPS) is 12.5. The van der Waals surface area contributed by atoms with E-state index in [1.54, 1.807) is 0 Å². The molecule has 0 amide bonds. The second-order valence-electron chi connectivity index (χ2n) is 2.48. The van der Waals surface area contributed by atoms with Gasteiger partial charge in [0.1, 0.15) is 6.29 Å². The zero-order chi connectivity index (χ0) is 8.27. The Morgan fingerprint density at radius 3 is 2.36 bits per heavy atom. The summed E-state index contributed by atoms with van der Waals surface area (Å²) in [4.78, 5) is 10.4. The summed E-state index contributed by atoms with van der Waals surface area (Å²) in [5, 5.41) is 0. The van der Waals surface area contributed by atoms with Crippen LogP contribution < -0.4 is 0 Å². The summed E-state index contributed by atoms with van der Waals surface area (Å²) < 4.78 is 1.20. The molecule has 0 saturated heterocycles. The number of carbonyl (C=O) groups is 1. The molecular weight excluding hydrogens is 251 g/mol. The summed E-state index contributed by atoms with van der Waals surface area (Å²) >= 11 is 2.24. The monoisotopic (exact) mass is 260 g/mol. The minimum Gasteiger partial charge on any atom is -0.303 e. The molecule has 0 heterocycles. The molecule has 0 aliphatic rings. The van der Waals surface area contributed by atoms with Gasteiger partial charge >= 0.3 is 0 Å². The first-order chi connectivity index (χ1) is 5.24. The maximum atomic E-state index is 10.4. The molecule has 58 valence electrons. The van der Waals surface area contributed by atoms with Gasteiger partial charge in [0.15, 0.2) is 0 Å². The van der Waals surface area contributed by atoms with Crippen LogP contribution in [0.25, 0.3) is 0 Å². The van der Waals surface area contributed by atoms with Gasteiger partial charge in [0.2, 0.25) is 0 Å². The van der Waals surface area contributed by atoms with Crippen LogP contribution in [0.15, 0.2) is 24.3 Å². The molecule has 1 atom stereocenters. The number of aldehydes is 1. The van der Waals surface area contributed by atoms with E-state index in [9.17, 15) is 4.79 Å². The second kappa shape index (κ2) is 3.85. The Morgan fingerprint density at radius 1 is 1.36 bits per heavy atom. The molecule has 11 heavy (non-hydrogen) atoms. The fraction of sp³-hybridized carbons (Fsp3) is 0.222. The molecule has 0 radical (unpaired) electrons. The van der Waals surface area contributed by atoms with Gasteiger partial charge in [0.05, 0.1) is 0 Å². The van der Waals surface area contributed by atoms with Crippen molar-refractivity contribution in [1.29, 1.82) is 0 Å². The first kappa shape index (κ1) is 8.71. The van der Waals surface area contributed by atoms with Crippen LogP contribution in [0.4, 0.5) is 0 Å². The Morgan fingerprint density at radius 2 is 1.91 bits per heavy atom. The van der Waals surface area contributed by atoms with Crippen LogP contribution in [-0.4, -0.2) is 6.29 Å². The topological polar surface area (TPSA) is 17.1 Å². The fourth-order valence-corrected chi connectivity index (χ4v) is 1.20. The van der Waals surface area contributed by atoms with E-state index in [2.05, 4.69) is 22.6 Å². The smallest absolute Gasteiger partial charge is 0.127 e. The molecular formula is C9H9IO. The van der Waals surface area contributed by atoms with E-state index < -0.39 is 0 Å². The van der Waals surface area contributed by atoms with Crippen LogP contribution >= 0.6 is 22.6 Å². The summed E-state index contributed by atoms with van der Waals surface area (Å²) in [6, 6.07) is 7.99. The number of hydrogen-bond donors (Lipinski definition) is 0. The maximum absolute atomic E-state index is 10.4. The molecule has 1 aromatic rings. The third kappa shape index (κ3) is 2.29. The van der Waals surface area contributed by atoms with Crippen LogP contribution in [-0.2, 0) is 4.79 Å². The van der Waals surface area contributed by atoms with E-state index in [1.165, 1.54) is 3.57 Å². The van der Waals surface area contributed by atoms with Crippen molar-refractivity contribution in [3.05, 3.63) is 33.4 Å². The van der Waals surface area contributed by atoms with Crippen LogP contribution in [0, 0.1) is 3.57 Å². The number of halogens is 1. The minimum atomic E-state index is 0.0204. The molecule has 1 rings (SSSR count). The summed E-state index contributed by atoms with van der Waals surface area (Å²) in [6.45, 7) is 1.90. The average Bonchev–Trinajstić information content (AvgIpc) is 2.05. The highest BCUT2D eigenvalue weighted by atomic mass is 127. The van der Waals surface area contributed by atoms with Crippen molar-refractivity contribution >= 4 is 28.9 Å². The number of hydrogen-bond acceptors (Lipinski definition) is 1. The van der Waals surface area contributed by atoms with Gasteiger partial charge in [0.25, 0.3) is 0 Å². The minimum absolute atomic E-state index is 0.0204. The molecule has 0 aliphatic heterocycles. The van der Waals surface area contributed by atoms with E-state index in [0.29, 0.717) is 0 Å². The van der Waals surface area contributed by atoms with Crippen molar-refractivity contribution in [2.45, 2.75) is 12.8 Å². The predicted molar refractivity (Wildman–Crippen MR) is 53.6 cm³/mol. The summed E-state index contributed by atoms with van der Waals surface area (Å²) in [6.07, 6.45) is 0.961. The highest BCUT2D eigenvalue weighted by molar-refractivity contribution is 14.1. The first-order valence-corrected chi connectivity index (χ1v) is 4.52. The quantitative estimate of drug-likeness (QED) is 0.590. The Kier molecular flexibility index (Phi) is 3.05. The molecule has 0 N–H and O–H groups in total. The highest BCUT2D eigenvalue weighted by Crippen LogP contribution is 2.14. The Labute approximate surface area is 79.9 Å². The Balaban J connectivity index is 2.89. The van der Waals surface area contributed by atoms with Gasteiger partial charge in [-0.1, -0.05) is 19.1 Å². The number of carbonyl (C=O) groups excluding carboxylic acids is 1. The van der Waals surface area contributed by atoms with E-state index >= 15 is 0 Å². The van der Waals surface area contributed by atoms with Crippen molar-refractivity contribution in [2.75, 3.05) is 0 Å². The van der Waals surface area contributed by atoms with Gasteiger partial charge in [-0.25, -0.2) is 0 Å². The summed E-state index contributed by atoms with van der Waals surface area (Å²) in [5.74, 6) is 0.0204. The third-order valence-corrected chi connectivity index (χ3v) is 2.32. The zero-order valence-corrected chi connectivity index (χ0v) is 8.41. The number of benzene rings is 1. The van der Waals surface area contributed by atoms with E-state index in [4.69, 9.17) is 0 Å². The SMILES string of the molecule is CC(C=O)c1ccc(I)cc1. The van der Waals surface area contributed by atoms with Gasteiger partial charge in [-0.15, -0.1) is 0 Å². The molecule has 1 unspecified atom stereocenters. The standard InChI is InChI=1S/C9H9IO/c1-7(6-11)8-2-4-9(10)5-3-8/h2-7H,1H3. The maximum Gasteiger partial charge on any atom is 0.127 e. The lowest BCUT2D eigenvalue weighted by Crippen LogP contribution is -1.93. The number of rotatable bonds is 2. The van der Waals surface area contributed by atoms with Gasteiger partial charge in [0, 0.05) is 9.49 Å². The van der Waals surface area contributed by atoms with Crippen molar-refractivity contribution in [2.24, 2.45) is 0 Å². The lowest BCUT2D eigenvalue weighted by molar-refractivity contribution is -0.108. The lowest BCUT2D eigenvalue weighted by atomic mass is 10.0. The van der Waals surface area contributed by atoms with Crippen molar-refractivity contribution in [3.8, 4) is 0 Å². The van der Waals surface area contributed by atoms with Crippen LogP contribution in [0.2, 0.25) is 0 Å².